The maximum Gasteiger partial charge on any atom is 0.263 e. The van der Waals surface area contributed by atoms with Gasteiger partial charge in [-0.2, -0.15) is 0 Å². The summed E-state index contributed by atoms with van der Waals surface area (Å²) in [5.74, 6) is -1.89. The fourth-order valence-electron chi connectivity index (χ4n) is 4.62. The van der Waals surface area contributed by atoms with Gasteiger partial charge in [-0.1, -0.05) is 29.0 Å². The minimum atomic E-state index is -0.784. The Morgan fingerprint density at radius 1 is 1.12 bits per heavy atom. The summed E-state index contributed by atoms with van der Waals surface area (Å²) in [6.07, 6.45) is 5.59. The average Bonchev–Trinajstić information content (AvgIpc) is 3.33. The molecule has 2 aliphatic heterocycles. The first-order valence-electron chi connectivity index (χ1n) is 11.3. The monoisotopic (exact) mass is 503 g/mol. The highest BCUT2D eigenvalue weighted by Crippen LogP contribution is 2.30. The topological polar surface area (TPSA) is 61.4 Å². The molecule has 5 rings (SSSR count). The van der Waals surface area contributed by atoms with Gasteiger partial charge in [-0.3, -0.25) is 14.7 Å². The number of aromatic nitrogens is 2. The lowest BCUT2D eigenvalue weighted by atomic mass is 9.95. The third-order valence-corrected chi connectivity index (χ3v) is 7.77. The zero-order valence-electron chi connectivity index (χ0n) is 18.4. The third kappa shape index (κ3) is 5.06. The molecular weight excluding hydrogens is 480 g/mol. The lowest BCUT2D eigenvalue weighted by molar-refractivity contribution is 0.0954. The second-order valence-corrected chi connectivity index (χ2v) is 10.1. The molecular formula is C24H24ClF2N5OS. The highest BCUT2D eigenvalue weighted by atomic mass is 35.5. The number of nitrogens with one attached hydrogen (secondary N) is 1. The van der Waals surface area contributed by atoms with Crippen molar-refractivity contribution in [2.75, 3.05) is 24.5 Å². The largest absolute Gasteiger partial charge is 0.348 e. The SMILES string of the molecule is O=C(NCc1ncc(F)cc1F)c1cnc(N2CCC(N3CCc4ccc(Cl)cc4C3)CC2)s1. The molecule has 2 aliphatic rings. The van der Waals surface area contributed by atoms with Crippen LogP contribution in [0.25, 0.3) is 0 Å². The van der Waals surface area contributed by atoms with Crippen molar-refractivity contribution in [1.82, 2.24) is 20.2 Å². The van der Waals surface area contributed by atoms with Gasteiger partial charge in [0.05, 0.1) is 24.6 Å². The summed E-state index contributed by atoms with van der Waals surface area (Å²) < 4.78 is 26.7. The van der Waals surface area contributed by atoms with Crippen LogP contribution < -0.4 is 10.2 Å². The Morgan fingerprint density at radius 2 is 1.94 bits per heavy atom. The molecule has 0 atom stereocenters. The van der Waals surface area contributed by atoms with E-state index >= 15 is 0 Å². The summed E-state index contributed by atoms with van der Waals surface area (Å²) in [5.41, 5.74) is 2.71. The van der Waals surface area contributed by atoms with Gasteiger partial charge in [-0.15, -0.1) is 0 Å². The minimum Gasteiger partial charge on any atom is -0.348 e. The Kier molecular flexibility index (Phi) is 6.76. The number of amides is 1. The van der Waals surface area contributed by atoms with E-state index in [0.29, 0.717) is 10.9 Å². The van der Waals surface area contributed by atoms with E-state index in [9.17, 15) is 13.6 Å². The van der Waals surface area contributed by atoms with Crippen LogP contribution in [0.15, 0.2) is 36.7 Å². The van der Waals surface area contributed by atoms with Crippen LogP contribution >= 0.6 is 22.9 Å². The molecule has 0 radical (unpaired) electrons. The molecule has 0 aliphatic carbocycles. The zero-order chi connectivity index (χ0) is 23.7. The van der Waals surface area contributed by atoms with E-state index in [1.54, 1.807) is 6.20 Å². The van der Waals surface area contributed by atoms with Gasteiger partial charge in [0.2, 0.25) is 0 Å². The van der Waals surface area contributed by atoms with Crippen LogP contribution in [0.4, 0.5) is 13.9 Å². The molecule has 178 valence electrons. The van der Waals surface area contributed by atoms with Crippen LogP contribution in [-0.4, -0.2) is 46.5 Å². The van der Waals surface area contributed by atoms with Crippen molar-refractivity contribution in [1.29, 1.82) is 0 Å². The maximum atomic E-state index is 13.7. The van der Waals surface area contributed by atoms with Crippen LogP contribution in [0.5, 0.6) is 0 Å². The number of anilines is 1. The first-order valence-corrected chi connectivity index (χ1v) is 12.5. The molecule has 0 saturated carbocycles. The molecule has 34 heavy (non-hydrogen) atoms. The van der Waals surface area contributed by atoms with Crippen molar-refractivity contribution >= 4 is 34.0 Å². The van der Waals surface area contributed by atoms with Crippen molar-refractivity contribution < 1.29 is 13.6 Å². The molecule has 0 unspecified atom stereocenters. The lowest BCUT2D eigenvalue weighted by Crippen LogP contribution is -2.46. The number of nitrogens with zero attached hydrogens (tertiary/aromatic N) is 4. The number of benzene rings is 1. The van der Waals surface area contributed by atoms with Crippen LogP contribution in [0.2, 0.25) is 5.02 Å². The number of rotatable bonds is 5. The van der Waals surface area contributed by atoms with Crippen molar-refractivity contribution in [3.8, 4) is 0 Å². The number of carbonyl (C=O) groups excluding carboxylic acids is 1. The molecule has 1 aromatic carbocycles. The lowest BCUT2D eigenvalue weighted by Gasteiger charge is -2.40. The standard InChI is InChI=1S/C24H24ClF2N5OS/c25-17-2-1-15-3-6-32(14-16(15)9-17)19-4-7-31(8-5-19)24-30-13-22(34-24)23(33)29-12-21-20(27)10-18(26)11-28-21/h1-2,9-11,13,19H,3-8,12,14H2,(H,29,33). The zero-order valence-corrected chi connectivity index (χ0v) is 20.0. The molecule has 2 aromatic heterocycles. The molecule has 0 bridgehead atoms. The Morgan fingerprint density at radius 3 is 2.74 bits per heavy atom. The molecule has 1 saturated heterocycles. The van der Waals surface area contributed by atoms with Gasteiger partial charge in [0.1, 0.15) is 16.5 Å². The molecule has 4 heterocycles. The number of halogens is 3. The molecule has 1 fully saturated rings. The summed E-state index contributed by atoms with van der Waals surface area (Å²) in [6, 6.07) is 7.46. The summed E-state index contributed by atoms with van der Waals surface area (Å²) in [6.45, 7) is 3.63. The molecule has 3 aromatic rings. The smallest absolute Gasteiger partial charge is 0.263 e. The third-order valence-electron chi connectivity index (χ3n) is 6.48. The van der Waals surface area contributed by atoms with E-state index in [1.807, 2.05) is 6.07 Å². The van der Waals surface area contributed by atoms with Gasteiger partial charge in [0.25, 0.3) is 5.91 Å². The van der Waals surface area contributed by atoms with Gasteiger partial charge < -0.3 is 10.2 Å². The fraction of sp³-hybridized carbons (Fsp3) is 0.375. The molecule has 0 spiro atoms. The van der Waals surface area contributed by atoms with Crippen LogP contribution in [0.1, 0.15) is 39.3 Å². The molecule has 10 heteroatoms. The van der Waals surface area contributed by atoms with Crippen molar-refractivity contribution in [2.45, 2.75) is 38.4 Å². The van der Waals surface area contributed by atoms with E-state index in [0.717, 1.165) is 67.9 Å². The van der Waals surface area contributed by atoms with E-state index in [2.05, 4.69) is 37.2 Å². The summed E-state index contributed by atoms with van der Waals surface area (Å²) >= 11 is 7.51. The van der Waals surface area contributed by atoms with Gasteiger partial charge in [0.15, 0.2) is 5.13 Å². The predicted octanol–water partition coefficient (Wildman–Crippen LogP) is 4.43. The van der Waals surface area contributed by atoms with E-state index in [-0.39, 0.29) is 18.1 Å². The number of thiazole rings is 1. The summed E-state index contributed by atoms with van der Waals surface area (Å²) in [7, 11) is 0. The van der Waals surface area contributed by atoms with Crippen LogP contribution in [0.3, 0.4) is 0 Å². The summed E-state index contributed by atoms with van der Waals surface area (Å²) in [5, 5.41) is 4.23. The van der Waals surface area contributed by atoms with E-state index < -0.39 is 11.6 Å². The van der Waals surface area contributed by atoms with Gasteiger partial charge >= 0.3 is 0 Å². The van der Waals surface area contributed by atoms with E-state index in [1.165, 1.54) is 22.5 Å². The number of piperidine rings is 1. The van der Waals surface area contributed by atoms with E-state index in [4.69, 9.17) is 11.6 Å². The van der Waals surface area contributed by atoms with Crippen molar-refractivity contribution in [3.63, 3.8) is 0 Å². The number of hydrogen-bond acceptors (Lipinski definition) is 6. The molecule has 1 N–H and O–H groups in total. The number of fused-ring (bicyclic) bond motifs is 1. The molecule has 1 amide bonds. The van der Waals surface area contributed by atoms with Gasteiger partial charge in [-0.25, -0.2) is 13.8 Å². The Labute approximate surface area is 205 Å². The Balaban J connectivity index is 1.14. The quantitative estimate of drug-likeness (QED) is 0.558. The number of hydrogen-bond donors (Lipinski definition) is 1. The maximum absolute atomic E-state index is 13.7. The number of carbonyl (C=O) groups is 1. The fourth-order valence-corrected chi connectivity index (χ4v) is 5.70. The second kappa shape index (κ2) is 9.93. The van der Waals surface area contributed by atoms with Crippen molar-refractivity contribution in [3.05, 3.63) is 75.0 Å². The van der Waals surface area contributed by atoms with Crippen LogP contribution in [-0.2, 0) is 19.5 Å². The highest BCUT2D eigenvalue weighted by molar-refractivity contribution is 7.17. The molecule has 6 nitrogen and oxygen atoms in total. The van der Waals surface area contributed by atoms with Gasteiger partial charge in [-0.05, 0) is 42.5 Å². The average molecular weight is 504 g/mol. The minimum absolute atomic E-state index is 0.0100. The Hall–Kier alpha value is -2.62. The van der Waals surface area contributed by atoms with Crippen LogP contribution in [0, 0.1) is 11.6 Å². The highest BCUT2D eigenvalue weighted by Gasteiger charge is 2.28. The Bertz CT molecular complexity index is 1200. The van der Waals surface area contributed by atoms with Crippen molar-refractivity contribution in [2.24, 2.45) is 0 Å². The normalized spacial score (nSPS) is 17.0. The first kappa shape index (κ1) is 23.1. The second-order valence-electron chi connectivity index (χ2n) is 8.62. The summed E-state index contributed by atoms with van der Waals surface area (Å²) in [4.78, 5) is 25.8. The predicted molar refractivity (Wildman–Crippen MR) is 128 cm³/mol. The first-order chi connectivity index (χ1) is 16.5. The number of pyridine rings is 1. The van der Waals surface area contributed by atoms with Gasteiger partial charge in [0, 0.05) is 43.3 Å².